The van der Waals surface area contributed by atoms with E-state index in [1.165, 1.54) is 21.0 Å². The van der Waals surface area contributed by atoms with Gasteiger partial charge in [-0.05, 0) is 45.7 Å². The van der Waals surface area contributed by atoms with E-state index >= 15 is 0 Å². The first-order valence-corrected chi connectivity index (χ1v) is 13.9. The van der Waals surface area contributed by atoms with Crippen molar-refractivity contribution in [2.75, 3.05) is 7.11 Å². The highest BCUT2D eigenvalue weighted by Gasteiger charge is 2.57. The molecule has 2 N–H and O–H groups in total. The lowest BCUT2D eigenvalue weighted by molar-refractivity contribution is -0.131. The first kappa shape index (κ1) is 28.7. The smallest absolute Gasteiger partial charge is 0.470 e. The van der Waals surface area contributed by atoms with Crippen LogP contribution in [0.3, 0.4) is 0 Å². The largest absolute Gasteiger partial charge is 0.479 e. The number of ether oxygens (including phenoxy) is 2. The van der Waals surface area contributed by atoms with Crippen LogP contribution in [-0.2, 0) is 21.2 Å². The summed E-state index contributed by atoms with van der Waals surface area (Å²) in [6, 6.07) is 4.70. The van der Waals surface area contributed by atoms with Gasteiger partial charge in [-0.2, -0.15) is 0 Å². The minimum absolute atomic E-state index is 0.0500. The fourth-order valence-electron chi connectivity index (χ4n) is 5.01. The molecule has 12 nitrogen and oxygen atoms in total. The van der Waals surface area contributed by atoms with E-state index in [1.807, 2.05) is 6.92 Å². The highest BCUT2D eigenvalue weighted by Crippen LogP contribution is 2.52. The average molecular weight is 594 g/mol. The molecule has 1 aromatic carbocycles. The minimum Gasteiger partial charge on any atom is -0.479 e. The lowest BCUT2D eigenvalue weighted by Gasteiger charge is -2.46. The average Bonchev–Trinajstić information content (AvgIpc) is 3.52. The van der Waals surface area contributed by atoms with E-state index in [0.29, 0.717) is 36.5 Å². The summed E-state index contributed by atoms with van der Waals surface area (Å²) in [5.41, 5.74) is -1.93. The number of benzene rings is 1. The highest BCUT2D eigenvalue weighted by molar-refractivity contribution is 7.46. The lowest BCUT2D eigenvalue weighted by atomic mass is 9.79. The van der Waals surface area contributed by atoms with Gasteiger partial charge < -0.3 is 28.4 Å². The molecule has 218 valence electrons. The Morgan fingerprint density at radius 2 is 1.83 bits per heavy atom. The maximum atomic E-state index is 14.1. The second kappa shape index (κ2) is 10.2. The van der Waals surface area contributed by atoms with E-state index in [1.54, 1.807) is 33.8 Å². The zero-order valence-corrected chi connectivity index (χ0v) is 23.3. The Balaban J connectivity index is 1.65. The van der Waals surface area contributed by atoms with Crippen LogP contribution in [0.2, 0.25) is 0 Å². The van der Waals surface area contributed by atoms with Gasteiger partial charge >= 0.3 is 7.82 Å². The van der Waals surface area contributed by atoms with Gasteiger partial charge in [-0.1, -0.05) is 0 Å². The van der Waals surface area contributed by atoms with Gasteiger partial charge in [0.05, 0.1) is 19.1 Å². The standard InChI is InChI=1S/C25H26F3N6O6P/c1-14-12-33(13-29-14)19-7-6-18(30-22(19)38-4)21-31-32-23-25(8-5-9-34(21)23,24(2,3)40-41(35,36)37)39-15-10-16(26)20(28)17(27)11-15/h6-7,10-13H,5,8-9H2,1-4H3,(H2,35,36,37). The van der Waals surface area contributed by atoms with Gasteiger partial charge in [-0.25, -0.2) is 27.7 Å². The van der Waals surface area contributed by atoms with Crippen LogP contribution in [0, 0.1) is 24.4 Å². The van der Waals surface area contributed by atoms with E-state index in [4.69, 9.17) is 14.0 Å². The van der Waals surface area contributed by atoms with Crippen LogP contribution in [0.15, 0.2) is 36.8 Å². The normalized spacial score (nSPS) is 17.4. The maximum Gasteiger partial charge on any atom is 0.470 e. The third-order valence-electron chi connectivity index (χ3n) is 6.84. The highest BCUT2D eigenvalue weighted by atomic mass is 31.2. The summed E-state index contributed by atoms with van der Waals surface area (Å²) in [5, 5.41) is 8.56. The fraction of sp³-hybridized carbons (Fsp3) is 0.360. The molecule has 16 heteroatoms. The number of phosphoric ester groups is 1. The molecule has 1 aliphatic heterocycles. The van der Waals surface area contributed by atoms with Crippen LogP contribution >= 0.6 is 7.82 Å². The molecule has 3 aromatic heterocycles. The Morgan fingerprint density at radius 3 is 2.44 bits per heavy atom. The number of nitrogens with zero attached hydrogens (tertiary/aromatic N) is 6. The number of methoxy groups -OCH3 is 1. The van der Waals surface area contributed by atoms with Crippen LogP contribution in [0.5, 0.6) is 11.6 Å². The number of aryl methyl sites for hydroxylation is 1. The molecule has 5 rings (SSSR count). The molecule has 1 atom stereocenters. The summed E-state index contributed by atoms with van der Waals surface area (Å²) in [7, 11) is -3.66. The number of halogens is 3. The van der Waals surface area contributed by atoms with Gasteiger partial charge in [-0.15, -0.1) is 10.2 Å². The number of rotatable bonds is 8. The molecule has 0 saturated carbocycles. The first-order chi connectivity index (χ1) is 19.2. The van der Waals surface area contributed by atoms with E-state index < -0.39 is 42.2 Å². The molecule has 41 heavy (non-hydrogen) atoms. The van der Waals surface area contributed by atoms with Gasteiger partial charge in [0.15, 0.2) is 34.7 Å². The molecule has 0 amide bonds. The Kier molecular flexibility index (Phi) is 7.18. The quantitative estimate of drug-likeness (QED) is 0.225. The minimum atomic E-state index is -5.12. The summed E-state index contributed by atoms with van der Waals surface area (Å²) < 4.78 is 74.0. The zero-order chi connectivity index (χ0) is 29.7. The Labute approximate surface area is 232 Å². The molecule has 0 saturated heterocycles. The van der Waals surface area contributed by atoms with Gasteiger partial charge in [-0.3, -0.25) is 4.52 Å². The van der Waals surface area contributed by atoms with Gasteiger partial charge in [0.1, 0.15) is 22.7 Å². The Hall–Kier alpha value is -3.78. The lowest BCUT2D eigenvalue weighted by Crippen LogP contribution is -2.56. The SMILES string of the molecule is COc1nc(-c2nnc3n2CCCC3(Oc2cc(F)c(F)c(F)c2)C(C)(C)OP(=O)(O)O)ccc1-n1cnc(C)c1. The van der Waals surface area contributed by atoms with Gasteiger partial charge in [0.25, 0.3) is 0 Å². The van der Waals surface area contributed by atoms with E-state index in [0.717, 1.165) is 5.69 Å². The van der Waals surface area contributed by atoms with Crippen LogP contribution in [-0.4, -0.2) is 51.8 Å². The first-order valence-electron chi connectivity index (χ1n) is 12.3. The van der Waals surface area contributed by atoms with Crippen molar-refractivity contribution < 1.29 is 41.5 Å². The molecule has 0 aliphatic carbocycles. The predicted molar refractivity (Wildman–Crippen MR) is 137 cm³/mol. The second-order valence-electron chi connectivity index (χ2n) is 9.97. The number of pyridine rings is 1. The molecular weight excluding hydrogens is 568 g/mol. The Morgan fingerprint density at radius 1 is 1.12 bits per heavy atom. The van der Waals surface area contributed by atoms with Crippen molar-refractivity contribution in [1.82, 2.24) is 29.3 Å². The summed E-state index contributed by atoms with van der Waals surface area (Å²) in [6.07, 6.45) is 3.81. The third-order valence-corrected chi connectivity index (χ3v) is 7.54. The Bertz CT molecular complexity index is 1650. The molecule has 0 bridgehead atoms. The van der Waals surface area contributed by atoms with Crippen LogP contribution in [0.1, 0.15) is 38.2 Å². The second-order valence-corrected chi connectivity index (χ2v) is 11.1. The number of imidazole rings is 1. The van der Waals surface area contributed by atoms with E-state index in [2.05, 4.69) is 20.2 Å². The molecule has 0 fully saturated rings. The maximum absolute atomic E-state index is 14.1. The predicted octanol–water partition coefficient (Wildman–Crippen LogP) is 4.22. The molecule has 4 aromatic rings. The molecule has 1 unspecified atom stereocenters. The monoisotopic (exact) mass is 594 g/mol. The van der Waals surface area contributed by atoms with Crippen molar-refractivity contribution in [3.05, 3.63) is 65.8 Å². The van der Waals surface area contributed by atoms with E-state index in [-0.39, 0.29) is 23.9 Å². The fourth-order valence-corrected chi connectivity index (χ4v) is 5.75. The summed E-state index contributed by atoms with van der Waals surface area (Å²) >= 11 is 0. The van der Waals surface area contributed by atoms with Crippen molar-refractivity contribution in [3.8, 4) is 28.8 Å². The van der Waals surface area contributed by atoms with Gasteiger partial charge in [0.2, 0.25) is 5.88 Å². The molecule has 4 heterocycles. The van der Waals surface area contributed by atoms with Crippen molar-refractivity contribution in [2.45, 2.75) is 51.4 Å². The summed E-state index contributed by atoms with van der Waals surface area (Å²) in [6.45, 7) is 4.87. The van der Waals surface area contributed by atoms with Crippen molar-refractivity contribution in [1.29, 1.82) is 0 Å². The van der Waals surface area contributed by atoms with Crippen LogP contribution < -0.4 is 9.47 Å². The van der Waals surface area contributed by atoms with Crippen molar-refractivity contribution in [2.24, 2.45) is 0 Å². The van der Waals surface area contributed by atoms with Crippen molar-refractivity contribution in [3.63, 3.8) is 0 Å². The number of hydrogen-bond acceptors (Lipinski definition) is 8. The topological polar surface area (TPSA) is 147 Å². The zero-order valence-electron chi connectivity index (χ0n) is 22.4. The molecule has 1 aliphatic rings. The summed E-state index contributed by atoms with van der Waals surface area (Å²) in [5.74, 6) is -4.57. The van der Waals surface area contributed by atoms with Gasteiger partial charge in [0, 0.05) is 24.9 Å². The van der Waals surface area contributed by atoms with E-state index in [9.17, 15) is 27.5 Å². The summed E-state index contributed by atoms with van der Waals surface area (Å²) in [4.78, 5) is 28.2. The molecule has 0 spiro atoms. The number of aromatic nitrogens is 6. The number of phosphoric acid groups is 1. The number of hydrogen-bond donors (Lipinski definition) is 2. The number of fused-ring (bicyclic) bond motifs is 1. The van der Waals surface area contributed by atoms with Crippen LogP contribution in [0.4, 0.5) is 13.2 Å². The molecular formula is C25H26F3N6O6P. The van der Waals surface area contributed by atoms with Crippen LogP contribution in [0.25, 0.3) is 17.2 Å². The van der Waals surface area contributed by atoms with Crippen molar-refractivity contribution >= 4 is 7.82 Å². The third kappa shape index (κ3) is 5.21. The molecule has 0 radical (unpaired) electrons.